The van der Waals surface area contributed by atoms with E-state index in [1.165, 1.54) is 96.3 Å². The molecule has 0 saturated heterocycles. The number of hydrogen-bond donors (Lipinski definition) is 0. The van der Waals surface area contributed by atoms with Crippen molar-refractivity contribution in [3.05, 3.63) is 109 Å². The molecule has 0 heterocycles. The van der Waals surface area contributed by atoms with Gasteiger partial charge < -0.3 is 14.2 Å². The second-order valence-electron chi connectivity index (χ2n) is 18.1. The van der Waals surface area contributed by atoms with Gasteiger partial charge in [0.1, 0.15) is 13.2 Å². The lowest BCUT2D eigenvalue weighted by Gasteiger charge is -2.18. The van der Waals surface area contributed by atoms with Crippen LogP contribution in [0.5, 0.6) is 0 Å². The molecule has 0 N–H and O–H groups in total. The molecule has 0 radical (unpaired) electrons. The Morgan fingerprint density at radius 3 is 1.12 bits per heavy atom. The zero-order valence-electron chi connectivity index (χ0n) is 44.1. The van der Waals surface area contributed by atoms with Crippen LogP contribution >= 0.6 is 0 Å². The fraction of sp³-hybridized carbons (Fsp3) is 0.661. The number of esters is 3. The molecule has 0 spiro atoms. The van der Waals surface area contributed by atoms with Crippen LogP contribution in [-0.2, 0) is 28.6 Å². The summed E-state index contributed by atoms with van der Waals surface area (Å²) >= 11 is 0. The van der Waals surface area contributed by atoms with Crippen molar-refractivity contribution in [2.24, 2.45) is 0 Å². The molecule has 0 amide bonds. The molecule has 0 bridgehead atoms. The van der Waals surface area contributed by atoms with Gasteiger partial charge in [0.15, 0.2) is 6.10 Å². The smallest absolute Gasteiger partial charge is 0.306 e. The molecule has 0 aliphatic carbocycles. The Labute approximate surface area is 419 Å². The first-order chi connectivity index (χ1) is 33.5. The van der Waals surface area contributed by atoms with Crippen LogP contribution in [-0.4, -0.2) is 37.2 Å². The second-order valence-corrected chi connectivity index (χ2v) is 18.1. The quantitative estimate of drug-likeness (QED) is 0.0199. The van der Waals surface area contributed by atoms with Gasteiger partial charge in [-0.3, -0.25) is 14.4 Å². The van der Waals surface area contributed by atoms with Crippen molar-refractivity contribution in [1.29, 1.82) is 0 Å². The van der Waals surface area contributed by atoms with Crippen LogP contribution in [0, 0.1) is 0 Å². The lowest BCUT2D eigenvalue weighted by atomic mass is 10.1. The molecule has 1 atom stereocenters. The number of unbranched alkanes of at least 4 members (excludes halogenated alkanes) is 22. The van der Waals surface area contributed by atoms with Crippen LogP contribution in [0.3, 0.4) is 0 Å². The molecule has 68 heavy (non-hydrogen) atoms. The number of rotatable bonds is 49. The Morgan fingerprint density at radius 2 is 0.662 bits per heavy atom. The van der Waals surface area contributed by atoms with Crippen LogP contribution in [0.2, 0.25) is 0 Å². The topological polar surface area (TPSA) is 78.9 Å². The predicted molar refractivity (Wildman–Crippen MR) is 293 cm³/mol. The Kier molecular flexibility index (Phi) is 52.4. The number of ether oxygens (including phenoxy) is 3. The van der Waals surface area contributed by atoms with Gasteiger partial charge >= 0.3 is 17.9 Å². The van der Waals surface area contributed by atoms with E-state index in [1.807, 2.05) is 0 Å². The molecule has 6 nitrogen and oxygen atoms in total. The zero-order chi connectivity index (χ0) is 49.3. The number of hydrogen-bond acceptors (Lipinski definition) is 6. The van der Waals surface area contributed by atoms with Crippen molar-refractivity contribution < 1.29 is 28.6 Å². The van der Waals surface area contributed by atoms with E-state index in [9.17, 15) is 14.4 Å². The molecule has 386 valence electrons. The molecule has 0 aromatic heterocycles. The minimum Gasteiger partial charge on any atom is -0.462 e. The summed E-state index contributed by atoms with van der Waals surface area (Å²) in [4.78, 5) is 38.1. The first-order valence-corrected chi connectivity index (χ1v) is 27.9. The molecule has 0 aliphatic heterocycles. The molecule has 6 heteroatoms. The van der Waals surface area contributed by atoms with Crippen molar-refractivity contribution in [3.8, 4) is 0 Å². The molecule has 0 rings (SSSR count). The Morgan fingerprint density at radius 1 is 0.324 bits per heavy atom. The fourth-order valence-electron chi connectivity index (χ4n) is 7.41. The highest BCUT2D eigenvalue weighted by atomic mass is 16.6. The molecule has 0 aromatic carbocycles. The third kappa shape index (κ3) is 53.0. The molecule has 0 saturated carbocycles. The maximum absolute atomic E-state index is 12.8. The fourth-order valence-corrected chi connectivity index (χ4v) is 7.41. The lowest BCUT2D eigenvalue weighted by molar-refractivity contribution is -0.167. The van der Waals surface area contributed by atoms with E-state index >= 15 is 0 Å². The number of allylic oxidation sites excluding steroid dienone is 18. The van der Waals surface area contributed by atoms with Crippen LogP contribution in [0.1, 0.15) is 245 Å². The van der Waals surface area contributed by atoms with Gasteiger partial charge in [0.25, 0.3) is 0 Å². The average molecular weight is 943 g/mol. The first-order valence-electron chi connectivity index (χ1n) is 27.9. The Bertz CT molecular complexity index is 1410. The third-order valence-electron chi connectivity index (χ3n) is 11.6. The van der Waals surface area contributed by atoms with Crippen LogP contribution < -0.4 is 0 Å². The van der Waals surface area contributed by atoms with Gasteiger partial charge in [0.05, 0.1) is 0 Å². The third-order valence-corrected chi connectivity index (χ3v) is 11.6. The SMILES string of the molecule is CC\C=C/C=C\C=C/CCCCCCCCCC(=O)OCC(COC(=O)CCCCCCC/C=C\CCCCCCCCCCC)OC(=O)CCC/C=C\C/C=C\C/C=C\C/C=C\C/C=C\CC. The minimum atomic E-state index is -0.818. The normalized spacial score (nSPS) is 12.9. The van der Waals surface area contributed by atoms with Gasteiger partial charge in [0, 0.05) is 19.3 Å². The van der Waals surface area contributed by atoms with E-state index in [0.717, 1.165) is 103 Å². The molecule has 0 aromatic rings. The maximum atomic E-state index is 12.8. The average Bonchev–Trinajstić information content (AvgIpc) is 3.34. The molecular formula is C62H102O6. The highest BCUT2D eigenvalue weighted by Crippen LogP contribution is 2.14. The molecular weight excluding hydrogens is 841 g/mol. The monoisotopic (exact) mass is 943 g/mol. The summed E-state index contributed by atoms with van der Waals surface area (Å²) < 4.78 is 16.8. The number of carbonyl (C=O) groups excluding carboxylic acids is 3. The summed E-state index contributed by atoms with van der Waals surface area (Å²) in [6, 6.07) is 0. The van der Waals surface area contributed by atoms with Crippen molar-refractivity contribution in [2.75, 3.05) is 13.2 Å². The number of carbonyl (C=O) groups is 3. The summed E-state index contributed by atoms with van der Waals surface area (Å²) in [6.07, 6.45) is 75.1. The van der Waals surface area contributed by atoms with Crippen LogP contribution in [0.15, 0.2) is 109 Å². The van der Waals surface area contributed by atoms with Gasteiger partial charge in [-0.05, 0) is 103 Å². The van der Waals surface area contributed by atoms with E-state index in [-0.39, 0.29) is 37.5 Å². The van der Waals surface area contributed by atoms with E-state index < -0.39 is 6.10 Å². The largest absolute Gasteiger partial charge is 0.462 e. The summed E-state index contributed by atoms with van der Waals surface area (Å²) in [5.74, 6) is -0.990. The first kappa shape index (κ1) is 64.1. The van der Waals surface area contributed by atoms with Crippen molar-refractivity contribution >= 4 is 17.9 Å². The summed E-state index contributed by atoms with van der Waals surface area (Å²) in [6.45, 7) is 6.33. The second kappa shape index (κ2) is 55.7. The van der Waals surface area contributed by atoms with E-state index in [2.05, 4.69) is 130 Å². The Balaban J connectivity index is 4.50. The standard InChI is InChI=1S/C62H102O6/c1-4-7-10-13-16-19-22-25-28-30-32-34-37-40-43-46-49-52-55-61(64)67-58-59(57-66-60(63)54-51-48-45-42-39-36-33-27-24-21-18-15-12-9-6-3)68-62(65)56-53-50-47-44-41-38-35-31-29-26-23-20-17-14-11-8-5-2/h8-9,11-12,15,17-18,20-21,24,26,29,32,34-35,38,44,47,59H,4-7,10,13-14,16,19,22-23,25,27-28,30-31,33,36-37,39-43,45-46,48-58H2,1-3H3/b11-8-,12-9-,18-15-,20-17-,24-21-,29-26-,34-32-,38-35-,47-44-. The van der Waals surface area contributed by atoms with E-state index in [1.54, 1.807) is 0 Å². The highest BCUT2D eigenvalue weighted by molar-refractivity contribution is 5.71. The van der Waals surface area contributed by atoms with E-state index in [0.29, 0.717) is 19.3 Å². The van der Waals surface area contributed by atoms with Crippen molar-refractivity contribution in [2.45, 2.75) is 252 Å². The minimum absolute atomic E-state index is 0.110. The van der Waals surface area contributed by atoms with Crippen LogP contribution in [0.4, 0.5) is 0 Å². The van der Waals surface area contributed by atoms with Gasteiger partial charge in [0.2, 0.25) is 0 Å². The summed E-state index contributed by atoms with van der Waals surface area (Å²) in [5, 5.41) is 0. The molecule has 0 fully saturated rings. The predicted octanol–water partition coefficient (Wildman–Crippen LogP) is 18.7. The maximum Gasteiger partial charge on any atom is 0.306 e. The van der Waals surface area contributed by atoms with Gasteiger partial charge in [-0.1, -0.05) is 233 Å². The van der Waals surface area contributed by atoms with Gasteiger partial charge in [-0.25, -0.2) is 0 Å². The summed E-state index contributed by atoms with van der Waals surface area (Å²) in [7, 11) is 0. The van der Waals surface area contributed by atoms with Crippen molar-refractivity contribution in [1.82, 2.24) is 0 Å². The zero-order valence-corrected chi connectivity index (χ0v) is 44.1. The van der Waals surface area contributed by atoms with Gasteiger partial charge in [-0.2, -0.15) is 0 Å². The van der Waals surface area contributed by atoms with Crippen molar-refractivity contribution in [3.63, 3.8) is 0 Å². The summed E-state index contributed by atoms with van der Waals surface area (Å²) in [5.41, 5.74) is 0. The molecule has 1 unspecified atom stereocenters. The lowest BCUT2D eigenvalue weighted by Crippen LogP contribution is -2.30. The Hall–Kier alpha value is -3.93. The van der Waals surface area contributed by atoms with E-state index in [4.69, 9.17) is 14.2 Å². The molecule has 0 aliphatic rings. The van der Waals surface area contributed by atoms with Crippen LogP contribution in [0.25, 0.3) is 0 Å². The highest BCUT2D eigenvalue weighted by Gasteiger charge is 2.19. The van der Waals surface area contributed by atoms with Gasteiger partial charge in [-0.15, -0.1) is 0 Å².